The molecule has 1 aromatic carbocycles. The molecule has 5 heteroatoms. The number of benzene rings is 1. The molecule has 0 aliphatic rings. The zero-order chi connectivity index (χ0) is 14.7. The van der Waals surface area contributed by atoms with Gasteiger partial charge in [-0.1, -0.05) is 26.0 Å². The summed E-state index contributed by atoms with van der Waals surface area (Å²) in [6.45, 7) is 5.68. The predicted molar refractivity (Wildman–Crippen MR) is 76.7 cm³/mol. The average Bonchev–Trinajstić information content (AvgIpc) is 2.74. The van der Waals surface area contributed by atoms with Crippen LogP contribution in [0.1, 0.15) is 37.0 Å². The van der Waals surface area contributed by atoms with Crippen molar-refractivity contribution in [2.45, 2.75) is 32.9 Å². The Bertz CT molecular complexity index is 560. The number of hydrogen-bond acceptors (Lipinski definition) is 3. The van der Waals surface area contributed by atoms with E-state index >= 15 is 0 Å². The molecule has 1 heterocycles. The van der Waals surface area contributed by atoms with Crippen LogP contribution in [0.3, 0.4) is 0 Å². The van der Waals surface area contributed by atoms with Crippen molar-refractivity contribution >= 4 is 0 Å². The van der Waals surface area contributed by atoms with Crippen molar-refractivity contribution in [1.29, 1.82) is 0 Å². The fourth-order valence-corrected chi connectivity index (χ4v) is 2.21. The molecule has 2 aromatic rings. The van der Waals surface area contributed by atoms with Crippen molar-refractivity contribution in [3.8, 4) is 0 Å². The van der Waals surface area contributed by atoms with E-state index in [-0.39, 0.29) is 5.82 Å². The number of nitrogens with zero attached hydrogens (tertiary/aromatic N) is 4. The van der Waals surface area contributed by atoms with Gasteiger partial charge in [0, 0.05) is 19.5 Å². The van der Waals surface area contributed by atoms with Gasteiger partial charge in [-0.3, -0.25) is 4.90 Å². The van der Waals surface area contributed by atoms with Gasteiger partial charge in [0.25, 0.3) is 0 Å². The average molecular weight is 276 g/mol. The lowest BCUT2D eigenvalue weighted by Gasteiger charge is -2.16. The summed E-state index contributed by atoms with van der Waals surface area (Å²) in [6.07, 6.45) is 0. The lowest BCUT2D eigenvalue weighted by atomic mass is 10.2. The van der Waals surface area contributed by atoms with Crippen LogP contribution in [-0.2, 0) is 20.1 Å². The second-order valence-corrected chi connectivity index (χ2v) is 5.49. The van der Waals surface area contributed by atoms with E-state index in [1.807, 2.05) is 30.8 Å². The molecule has 0 aliphatic heterocycles. The minimum absolute atomic E-state index is 0.203. The van der Waals surface area contributed by atoms with Crippen molar-refractivity contribution in [2.75, 3.05) is 7.05 Å². The van der Waals surface area contributed by atoms with Gasteiger partial charge in [0.15, 0.2) is 0 Å². The molecule has 1 aromatic heterocycles. The summed E-state index contributed by atoms with van der Waals surface area (Å²) in [5, 5.41) is 8.47. The highest BCUT2D eigenvalue weighted by Crippen LogP contribution is 2.13. The molecule has 0 fully saturated rings. The number of aromatic nitrogens is 3. The van der Waals surface area contributed by atoms with E-state index in [2.05, 4.69) is 28.9 Å². The topological polar surface area (TPSA) is 34.0 Å². The molecule has 0 saturated carbocycles. The summed E-state index contributed by atoms with van der Waals surface area (Å²) in [5.74, 6) is 2.10. The Morgan fingerprint density at radius 1 is 1.15 bits per heavy atom. The van der Waals surface area contributed by atoms with Crippen LogP contribution in [-0.4, -0.2) is 26.7 Å². The molecule has 0 N–H and O–H groups in total. The summed E-state index contributed by atoms with van der Waals surface area (Å²) in [4.78, 5) is 2.14. The SMILES string of the molecule is CC(C)c1nnc(CN(C)Cc2ccc(F)cc2)n1C. The van der Waals surface area contributed by atoms with Gasteiger partial charge in [-0.25, -0.2) is 4.39 Å². The largest absolute Gasteiger partial charge is 0.317 e. The van der Waals surface area contributed by atoms with E-state index in [4.69, 9.17) is 0 Å². The normalized spacial score (nSPS) is 11.6. The van der Waals surface area contributed by atoms with E-state index in [0.717, 1.165) is 23.8 Å². The molecular formula is C15H21FN4. The second kappa shape index (κ2) is 6.13. The second-order valence-electron chi connectivity index (χ2n) is 5.49. The lowest BCUT2D eigenvalue weighted by molar-refractivity contribution is 0.306. The van der Waals surface area contributed by atoms with Gasteiger partial charge in [-0.2, -0.15) is 0 Å². The third-order valence-electron chi connectivity index (χ3n) is 3.29. The molecular weight excluding hydrogens is 255 g/mol. The molecule has 0 atom stereocenters. The minimum Gasteiger partial charge on any atom is -0.317 e. The maximum Gasteiger partial charge on any atom is 0.146 e. The number of hydrogen-bond donors (Lipinski definition) is 0. The van der Waals surface area contributed by atoms with Gasteiger partial charge in [-0.05, 0) is 24.7 Å². The van der Waals surface area contributed by atoms with Crippen LogP contribution >= 0.6 is 0 Å². The fourth-order valence-electron chi connectivity index (χ4n) is 2.21. The van der Waals surface area contributed by atoms with E-state index in [1.165, 1.54) is 12.1 Å². The molecule has 2 rings (SSSR count). The summed E-state index contributed by atoms with van der Waals surface area (Å²) < 4.78 is 14.9. The Morgan fingerprint density at radius 2 is 1.80 bits per heavy atom. The van der Waals surface area contributed by atoms with Crippen LogP contribution in [0.5, 0.6) is 0 Å². The van der Waals surface area contributed by atoms with Gasteiger partial charge in [-0.15, -0.1) is 10.2 Å². The molecule has 20 heavy (non-hydrogen) atoms. The van der Waals surface area contributed by atoms with E-state index in [1.54, 1.807) is 0 Å². The molecule has 0 bridgehead atoms. The molecule has 0 saturated heterocycles. The molecule has 0 unspecified atom stereocenters. The molecule has 0 aliphatic carbocycles. The van der Waals surface area contributed by atoms with E-state index in [0.29, 0.717) is 12.5 Å². The maximum atomic E-state index is 12.9. The number of halogens is 1. The zero-order valence-electron chi connectivity index (χ0n) is 12.5. The van der Waals surface area contributed by atoms with Crippen LogP contribution in [0.25, 0.3) is 0 Å². The quantitative estimate of drug-likeness (QED) is 0.842. The highest BCUT2D eigenvalue weighted by atomic mass is 19.1. The van der Waals surface area contributed by atoms with E-state index in [9.17, 15) is 4.39 Å². The maximum absolute atomic E-state index is 12.9. The van der Waals surface area contributed by atoms with Crippen LogP contribution in [0.4, 0.5) is 4.39 Å². The highest BCUT2D eigenvalue weighted by Gasteiger charge is 2.13. The summed E-state index contributed by atoms with van der Waals surface area (Å²) in [5.41, 5.74) is 1.08. The smallest absolute Gasteiger partial charge is 0.146 e. The van der Waals surface area contributed by atoms with Crippen molar-refractivity contribution in [2.24, 2.45) is 7.05 Å². The Morgan fingerprint density at radius 3 is 2.35 bits per heavy atom. The van der Waals surface area contributed by atoms with Gasteiger partial charge < -0.3 is 4.57 Å². The van der Waals surface area contributed by atoms with Crippen LogP contribution in [0, 0.1) is 5.82 Å². The monoisotopic (exact) mass is 276 g/mol. The van der Waals surface area contributed by atoms with Gasteiger partial charge >= 0.3 is 0 Å². The Kier molecular flexibility index (Phi) is 4.49. The first kappa shape index (κ1) is 14.7. The van der Waals surface area contributed by atoms with Gasteiger partial charge in [0.05, 0.1) is 6.54 Å². The third-order valence-corrected chi connectivity index (χ3v) is 3.29. The summed E-state index contributed by atoms with van der Waals surface area (Å²) in [7, 11) is 4.02. The highest BCUT2D eigenvalue weighted by molar-refractivity contribution is 5.15. The zero-order valence-corrected chi connectivity index (χ0v) is 12.5. The fraction of sp³-hybridized carbons (Fsp3) is 0.467. The summed E-state index contributed by atoms with van der Waals surface area (Å²) in [6, 6.07) is 6.59. The third kappa shape index (κ3) is 3.42. The molecule has 0 amide bonds. The van der Waals surface area contributed by atoms with Crippen molar-refractivity contribution < 1.29 is 4.39 Å². The van der Waals surface area contributed by atoms with Crippen molar-refractivity contribution in [1.82, 2.24) is 19.7 Å². The van der Waals surface area contributed by atoms with Crippen LogP contribution in [0.15, 0.2) is 24.3 Å². The summed E-state index contributed by atoms with van der Waals surface area (Å²) >= 11 is 0. The van der Waals surface area contributed by atoms with Crippen LogP contribution < -0.4 is 0 Å². The Labute approximate surface area is 119 Å². The molecule has 4 nitrogen and oxygen atoms in total. The standard InChI is InChI=1S/C15H21FN4/c1-11(2)15-18-17-14(20(15)4)10-19(3)9-12-5-7-13(16)8-6-12/h5-8,11H,9-10H2,1-4H3. The molecule has 0 radical (unpaired) electrons. The number of rotatable bonds is 5. The first-order valence-corrected chi connectivity index (χ1v) is 6.78. The van der Waals surface area contributed by atoms with E-state index < -0.39 is 0 Å². The first-order chi connectivity index (χ1) is 9.47. The first-order valence-electron chi connectivity index (χ1n) is 6.78. The molecule has 108 valence electrons. The predicted octanol–water partition coefficient (Wildman–Crippen LogP) is 2.71. The minimum atomic E-state index is -0.203. The molecule has 0 spiro atoms. The Balaban J connectivity index is 2.01. The van der Waals surface area contributed by atoms with Crippen molar-refractivity contribution in [3.05, 3.63) is 47.3 Å². The van der Waals surface area contributed by atoms with Gasteiger partial charge in [0.2, 0.25) is 0 Å². The lowest BCUT2D eigenvalue weighted by Crippen LogP contribution is -2.20. The van der Waals surface area contributed by atoms with Crippen LogP contribution in [0.2, 0.25) is 0 Å². The van der Waals surface area contributed by atoms with Gasteiger partial charge in [0.1, 0.15) is 17.5 Å². The Hall–Kier alpha value is -1.75. The van der Waals surface area contributed by atoms with Crippen molar-refractivity contribution in [3.63, 3.8) is 0 Å².